The zero-order chi connectivity index (χ0) is 15.5. The standard InChI is InChI=1S/C15H13N3O4/c1-21-14-5-3-10(7-16-14)17-15(20)9-2-4-11-12(6-9)22-8-13(19)18-11/h2-7H,8H2,1H3,(H,17,20)(H,18,19). The van der Waals surface area contributed by atoms with Gasteiger partial charge in [-0.3, -0.25) is 9.59 Å². The van der Waals surface area contributed by atoms with Crippen LogP contribution in [-0.4, -0.2) is 30.5 Å². The molecule has 7 heteroatoms. The highest BCUT2D eigenvalue weighted by Gasteiger charge is 2.17. The van der Waals surface area contributed by atoms with E-state index in [0.29, 0.717) is 28.6 Å². The highest BCUT2D eigenvalue weighted by atomic mass is 16.5. The van der Waals surface area contributed by atoms with E-state index in [1.807, 2.05) is 0 Å². The van der Waals surface area contributed by atoms with Crippen LogP contribution < -0.4 is 20.1 Å². The third-order valence-corrected chi connectivity index (χ3v) is 3.08. The molecule has 0 aliphatic carbocycles. The number of hydrogen-bond donors (Lipinski definition) is 2. The Morgan fingerprint density at radius 1 is 1.36 bits per heavy atom. The first-order chi connectivity index (χ1) is 10.7. The summed E-state index contributed by atoms with van der Waals surface area (Å²) in [6, 6.07) is 8.18. The van der Waals surface area contributed by atoms with Gasteiger partial charge in [0.15, 0.2) is 6.61 Å². The number of carbonyl (C=O) groups is 2. The van der Waals surface area contributed by atoms with Crippen LogP contribution in [0, 0.1) is 0 Å². The van der Waals surface area contributed by atoms with Gasteiger partial charge < -0.3 is 20.1 Å². The first-order valence-corrected chi connectivity index (χ1v) is 6.54. The summed E-state index contributed by atoms with van der Waals surface area (Å²) in [5.74, 6) is 0.431. The molecule has 2 N–H and O–H groups in total. The third-order valence-electron chi connectivity index (χ3n) is 3.08. The Balaban J connectivity index is 1.76. The van der Waals surface area contributed by atoms with Crippen molar-refractivity contribution in [1.29, 1.82) is 0 Å². The summed E-state index contributed by atoms with van der Waals surface area (Å²) in [4.78, 5) is 27.4. The molecule has 0 fully saturated rings. The maximum atomic E-state index is 12.2. The molecule has 1 aliphatic rings. The van der Waals surface area contributed by atoms with Gasteiger partial charge in [0.05, 0.1) is 24.7 Å². The Morgan fingerprint density at radius 2 is 2.23 bits per heavy atom. The van der Waals surface area contributed by atoms with Crippen LogP contribution in [0.2, 0.25) is 0 Å². The predicted molar refractivity (Wildman–Crippen MR) is 79.3 cm³/mol. The van der Waals surface area contributed by atoms with E-state index < -0.39 is 0 Å². The highest BCUT2D eigenvalue weighted by Crippen LogP contribution is 2.28. The summed E-state index contributed by atoms with van der Waals surface area (Å²) in [7, 11) is 1.52. The number of nitrogens with zero attached hydrogens (tertiary/aromatic N) is 1. The number of nitrogens with one attached hydrogen (secondary N) is 2. The Kier molecular flexibility index (Phi) is 3.61. The van der Waals surface area contributed by atoms with Gasteiger partial charge in [-0.1, -0.05) is 0 Å². The molecule has 7 nitrogen and oxygen atoms in total. The Bertz CT molecular complexity index is 728. The second-order valence-corrected chi connectivity index (χ2v) is 4.59. The molecule has 1 aliphatic heterocycles. The van der Waals surface area contributed by atoms with Crippen molar-refractivity contribution in [2.75, 3.05) is 24.4 Å². The van der Waals surface area contributed by atoms with Crippen LogP contribution in [-0.2, 0) is 4.79 Å². The minimum absolute atomic E-state index is 0.0551. The van der Waals surface area contributed by atoms with Crippen molar-refractivity contribution in [2.45, 2.75) is 0 Å². The monoisotopic (exact) mass is 299 g/mol. The largest absolute Gasteiger partial charge is 0.482 e. The van der Waals surface area contributed by atoms with E-state index in [-0.39, 0.29) is 18.4 Å². The van der Waals surface area contributed by atoms with Gasteiger partial charge in [0.2, 0.25) is 5.88 Å². The lowest BCUT2D eigenvalue weighted by atomic mass is 10.1. The summed E-state index contributed by atoms with van der Waals surface area (Å²) in [5.41, 5.74) is 1.53. The molecule has 1 aromatic heterocycles. The number of amides is 2. The number of anilines is 2. The lowest BCUT2D eigenvalue weighted by molar-refractivity contribution is -0.118. The van der Waals surface area contributed by atoms with E-state index in [1.165, 1.54) is 13.3 Å². The zero-order valence-corrected chi connectivity index (χ0v) is 11.8. The average molecular weight is 299 g/mol. The molecular weight excluding hydrogens is 286 g/mol. The molecule has 0 saturated heterocycles. The third kappa shape index (κ3) is 2.83. The predicted octanol–water partition coefficient (Wildman–Crippen LogP) is 1.67. The molecule has 0 spiro atoms. The van der Waals surface area contributed by atoms with Crippen molar-refractivity contribution in [3.8, 4) is 11.6 Å². The van der Waals surface area contributed by atoms with Gasteiger partial charge in [-0.2, -0.15) is 0 Å². The summed E-state index contributed by atoms with van der Waals surface area (Å²) >= 11 is 0. The molecule has 2 amide bonds. The first kappa shape index (κ1) is 13.9. The van der Waals surface area contributed by atoms with Gasteiger partial charge >= 0.3 is 0 Å². The molecule has 112 valence electrons. The fraction of sp³-hybridized carbons (Fsp3) is 0.133. The molecule has 0 saturated carbocycles. The molecule has 0 radical (unpaired) electrons. The summed E-state index contributed by atoms with van der Waals surface area (Å²) in [6.07, 6.45) is 1.51. The van der Waals surface area contributed by atoms with Crippen LogP contribution in [0.25, 0.3) is 0 Å². The number of pyridine rings is 1. The number of aromatic nitrogens is 1. The fourth-order valence-electron chi connectivity index (χ4n) is 1.99. The lowest BCUT2D eigenvalue weighted by Crippen LogP contribution is -2.25. The smallest absolute Gasteiger partial charge is 0.262 e. The fourth-order valence-corrected chi connectivity index (χ4v) is 1.99. The lowest BCUT2D eigenvalue weighted by Gasteiger charge is -2.18. The van der Waals surface area contributed by atoms with E-state index in [0.717, 1.165) is 0 Å². The molecule has 2 aromatic rings. The zero-order valence-electron chi connectivity index (χ0n) is 11.8. The Hall–Kier alpha value is -3.09. The van der Waals surface area contributed by atoms with Gasteiger partial charge in [-0.25, -0.2) is 4.98 Å². The Morgan fingerprint density at radius 3 is 2.95 bits per heavy atom. The van der Waals surface area contributed by atoms with Crippen molar-refractivity contribution in [3.05, 3.63) is 42.1 Å². The highest BCUT2D eigenvalue weighted by molar-refractivity contribution is 6.05. The number of rotatable bonds is 3. The van der Waals surface area contributed by atoms with E-state index >= 15 is 0 Å². The average Bonchev–Trinajstić information content (AvgIpc) is 2.55. The quantitative estimate of drug-likeness (QED) is 0.900. The Labute approximate surface area is 126 Å². The number of fused-ring (bicyclic) bond motifs is 1. The number of ether oxygens (including phenoxy) is 2. The van der Waals surface area contributed by atoms with Crippen LogP contribution >= 0.6 is 0 Å². The maximum absolute atomic E-state index is 12.2. The second-order valence-electron chi connectivity index (χ2n) is 4.59. The van der Waals surface area contributed by atoms with E-state index in [4.69, 9.17) is 9.47 Å². The van der Waals surface area contributed by atoms with Gasteiger partial charge in [0.25, 0.3) is 11.8 Å². The molecule has 22 heavy (non-hydrogen) atoms. The normalized spacial score (nSPS) is 12.7. The number of carbonyl (C=O) groups excluding carboxylic acids is 2. The summed E-state index contributed by atoms with van der Waals surface area (Å²) in [5, 5.41) is 5.39. The molecule has 0 atom stereocenters. The van der Waals surface area contributed by atoms with Crippen LogP contribution in [0.1, 0.15) is 10.4 Å². The molecule has 2 heterocycles. The topological polar surface area (TPSA) is 89.5 Å². The van der Waals surface area contributed by atoms with Gasteiger partial charge in [0, 0.05) is 11.6 Å². The van der Waals surface area contributed by atoms with E-state index in [1.54, 1.807) is 30.3 Å². The molecule has 0 bridgehead atoms. The molecule has 3 rings (SSSR count). The van der Waals surface area contributed by atoms with Crippen molar-refractivity contribution in [2.24, 2.45) is 0 Å². The van der Waals surface area contributed by atoms with E-state index in [9.17, 15) is 9.59 Å². The van der Waals surface area contributed by atoms with Crippen LogP contribution in [0.15, 0.2) is 36.5 Å². The van der Waals surface area contributed by atoms with Crippen molar-refractivity contribution in [3.63, 3.8) is 0 Å². The van der Waals surface area contributed by atoms with Crippen LogP contribution in [0.4, 0.5) is 11.4 Å². The molecule has 0 unspecified atom stereocenters. The van der Waals surface area contributed by atoms with Crippen molar-refractivity contribution < 1.29 is 19.1 Å². The SMILES string of the molecule is COc1ccc(NC(=O)c2ccc3c(c2)OCC(=O)N3)cn1. The van der Waals surface area contributed by atoms with Gasteiger partial charge in [-0.05, 0) is 24.3 Å². The molecular formula is C15H13N3O4. The van der Waals surface area contributed by atoms with Gasteiger partial charge in [-0.15, -0.1) is 0 Å². The van der Waals surface area contributed by atoms with Crippen LogP contribution in [0.3, 0.4) is 0 Å². The number of benzene rings is 1. The summed E-state index contributed by atoms with van der Waals surface area (Å²) in [6.45, 7) is -0.0551. The maximum Gasteiger partial charge on any atom is 0.262 e. The second kappa shape index (κ2) is 5.72. The first-order valence-electron chi connectivity index (χ1n) is 6.54. The minimum Gasteiger partial charge on any atom is -0.482 e. The van der Waals surface area contributed by atoms with Gasteiger partial charge in [0.1, 0.15) is 5.75 Å². The van der Waals surface area contributed by atoms with Crippen molar-refractivity contribution in [1.82, 2.24) is 4.98 Å². The molecule has 1 aromatic carbocycles. The van der Waals surface area contributed by atoms with E-state index in [2.05, 4.69) is 15.6 Å². The number of methoxy groups -OCH3 is 1. The van der Waals surface area contributed by atoms with Crippen LogP contribution in [0.5, 0.6) is 11.6 Å². The summed E-state index contributed by atoms with van der Waals surface area (Å²) < 4.78 is 10.2. The number of hydrogen-bond acceptors (Lipinski definition) is 5. The minimum atomic E-state index is -0.296. The van der Waals surface area contributed by atoms with Crippen molar-refractivity contribution >= 4 is 23.2 Å².